The number of allylic oxidation sites excluding steroid dienone is 5. The van der Waals surface area contributed by atoms with Crippen LogP contribution in [0.2, 0.25) is 0 Å². The van der Waals surface area contributed by atoms with Crippen molar-refractivity contribution in [1.29, 1.82) is 0 Å². The van der Waals surface area contributed by atoms with Crippen molar-refractivity contribution in [2.75, 3.05) is 13.1 Å². The lowest BCUT2D eigenvalue weighted by atomic mass is 9.90. The average Bonchev–Trinajstić information content (AvgIpc) is 3.49. The van der Waals surface area contributed by atoms with Crippen LogP contribution in [0.25, 0.3) is 34.9 Å². The molecule has 1 aromatic carbocycles. The van der Waals surface area contributed by atoms with Crippen molar-refractivity contribution < 1.29 is 0 Å². The molecule has 0 spiro atoms. The van der Waals surface area contributed by atoms with Crippen LogP contribution in [-0.2, 0) is 6.54 Å². The van der Waals surface area contributed by atoms with Gasteiger partial charge in [0.1, 0.15) is 11.4 Å². The molecule has 0 unspecified atom stereocenters. The largest absolute Gasteiger partial charge is 0.371 e. The van der Waals surface area contributed by atoms with Crippen molar-refractivity contribution in [3.63, 3.8) is 0 Å². The van der Waals surface area contributed by atoms with Gasteiger partial charge in [-0.2, -0.15) is 0 Å². The number of rotatable bonds is 13. The predicted octanol–water partition coefficient (Wildman–Crippen LogP) is 7.79. The van der Waals surface area contributed by atoms with Gasteiger partial charge in [0.15, 0.2) is 0 Å². The van der Waals surface area contributed by atoms with Gasteiger partial charge in [0, 0.05) is 29.7 Å². The van der Waals surface area contributed by atoms with Gasteiger partial charge in [0.25, 0.3) is 0 Å². The van der Waals surface area contributed by atoms with Crippen LogP contribution in [-0.4, -0.2) is 43.0 Å². The maximum Gasteiger partial charge on any atom is 0.141 e. The number of pyridine rings is 2. The van der Waals surface area contributed by atoms with Gasteiger partial charge in [-0.3, -0.25) is 4.98 Å². The number of likely N-dealkylation sites (tertiary alicyclic amines) is 1. The lowest BCUT2D eigenvalue weighted by molar-refractivity contribution is 0.223. The first-order valence-electron chi connectivity index (χ1n) is 17.5. The van der Waals surface area contributed by atoms with Crippen molar-refractivity contribution in [3.05, 3.63) is 119 Å². The molecule has 1 aliphatic heterocycles. The maximum absolute atomic E-state index is 5.29. The molecule has 242 valence electrons. The Kier molecular flexibility index (Phi) is 10.9. The molecule has 4 heterocycles. The SMILES string of the molecule is C=C(CCC)CCCCCC1CCN(C2=C/C=C/C=c3\ccc(-c4c(-c5cccc(C)n5)nnn4Cc4ccccc4)nc3=C2)CC1. The van der Waals surface area contributed by atoms with Crippen LogP contribution in [0.5, 0.6) is 0 Å². The van der Waals surface area contributed by atoms with E-state index in [9.17, 15) is 0 Å². The van der Waals surface area contributed by atoms with Gasteiger partial charge in [0.2, 0.25) is 0 Å². The summed E-state index contributed by atoms with van der Waals surface area (Å²) in [7, 11) is 0. The Bertz CT molecular complexity index is 1840. The zero-order valence-electron chi connectivity index (χ0n) is 28.1. The van der Waals surface area contributed by atoms with E-state index in [4.69, 9.17) is 9.97 Å². The minimum absolute atomic E-state index is 0.598. The number of fused-ring (bicyclic) bond motifs is 1. The van der Waals surface area contributed by atoms with Gasteiger partial charge in [-0.05, 0) is 80.9 Å². The molecular weight excluding hydrogens is 576 g/mol. The van der Waals surface area contributed by atoms with Gasteiger partial charge >= 0.3 is 0 Å². The first-order chi connectivity index (χ1) is 23.1. The fourth-order valence-electron chi connectivity index (χ4n) is 6.80. The molecule has 0 amide bonds. The lowest BCUT2D eigenvalue weighted by Crippen LogP contribution is -2.35. The third-order valence-corrected chi connectivity index (χ3v) is 9.41. The van der Waals surface area contributed by atoms with E-state index in [1.165, 1.54) is 69.1 Å². The van der Waals surface area contributed by atoms with E-state index < -0.39 is 0 Å². The first-order valence-corrected chi connectivity index (χ1v) is 17.5. The van der Waals surface area contributed by atoms with Crippen molar-refractivity contribution in [2.45, 2.75) is 78.2 Å². The summed E-state index contributed by atoms with van der Waals surface area (Å²) in [5, 5.41) is 11.3. The molecule has 0 radical (unpaired) electrons. The fraction of sp³-hybridized carbons (Fsp3) is 0.366. The average molecular weight is 625 g/mol. The van der Waals surface area contributed by atoms with Crippen molar-refractivity contribution in [2.24, 2.45) is 5.92 Å². The van der Waals surface area contributed by atoms with Gasteiger partial charge in [0.05, 0.1) is 23.3 Å². The summed E-state index contributed by atoms with van der Waals surface area (Å²) in [6.07, 6.45) is 22.3. The van der Waals surface area contributed by atoms with E-state index in [2.05, 4.69) is 95.5 Å². The number of unbranched alkanes of at least 4 members (excludes halogenated alkanes) is 2. The summed E-state index contributed by atoms with van der Waals surface area (Å²) in [5.74, 6) is 0.825. The normalized spacial score (nSPS) is 16.3. The van der Waals surface area contributed by atoms with E-state index >= 15 is 0 Å². The Morgan fingerprint density at radius 1 is 0.851 bits per heavy atom. The van der Waals surface area contributed by atoms with E-state index in [0.717, 1.165) is 63.6 Å². The molecule has 0 saturated carbocycles. The molecule has 0 bridgehead atoms. The Balaban J connectivity index is 1.22. The molecule has 6 nitrogen and oxygen atoms in total. The highest BCUT2D eigenvalue weighted by Gasteiger charge is 2.22. The highest BCUT2D eigenvalue weighted by molar-refractivity contribution is 5.74. The summed E-state index contributed by atoms with van der Waals surface area (Å²) in [6.45, 7) is 11.2. The van der Waals surface area contributed by atoms with Crippen LogP contribution in [0.4, 0.5) is 0 Å². The fourth-order valence-corrected chi connectivity index (χ4v) is 6.80. The number of hydrogen-bond donors (Lipinski definition) is 0. The second-order valence-electron chi connectivity index (χ2n) is 13.1. The number of piperidine rings is 1. The number of aromatic nitrogens is 5. The number of benzene rings is 1. The second-order valence-corrected chi connectivity index (χ2v) is 13.1. The summed E-state index contributed by atoms with van der Waals surface area (Å²) in [6, 6.07) is 20.7. The second kappa shape index (κ2) is 15.8. The van der Waals surface area contributed by atoms with Crippen LogP contribution in [0.15, 0.2) is 96.7 Å². The molecule has 1 fully saturated rings. The molecule has 6 rings (SSSR count). The van der Waals surface area contributed by atoms with E-state index in [0.29, 0.717) is 6.54 Å². The summed E-state index contributed by atoms with van der Waals surface area (Å²) >= 11 is 0. The summed E-state index contributed by atoms with van der Waals surface area (Å²) in [5.41, 5.74) is 8.02. The quantitative estimate of drug-likeness (QED) is 0.112. The van der Waals surface area contributed by atoms with Gasteiger partial charge < -0.3 is 4.90 Å². The Morgan fingerprint density at radius 3 is 2.49 bits per heavy atom. The molecule has 3 aromatic heterocycles. The Labute approximate surface area is 280 Å². The molecule has 0 N–H and O–H groups in total. The highest BCUT2D eigenvalue weighted by atomic mass is 15.4. The number of hydrogen-bond acceptors (Lipinski definition) is 5. The minimum Gasteiger partial charge on any atom is -0.371 e. The molecule has 47 heavy (non-hydrogen) atoms. The number of nitrogens with zero attached hydrogens (tertiary/aromatic N) is 6. The zero-order valence-corrected chi connectivity index (χ0v) is 28.1. The topological polar surface area (TPSA) is 59.7 Å². The van der Waals surface area contributed by atoms with Gasteiger partial charge in [-0.15, -0.1) is 5.10 Å². The smallest absolute Gasteiger partial charge is 0.141 e. The third kappa shape index (κ3) is 8.42. The van der Waals surface area contributed by atoms with Crippen LogP contribution in [0.3, 0.4) is 0 Å². The summed E-state index contributed by atoms with van der Waals surface area (Å²) in [4.78, 5) is 12.6. The minimum atomic E-state index is 0.598. The molecule has 0 atom stereocenters. The third-order valence-electron chi connectivity index (χ3n) is 9.41. The summed E-state index contributed by atoms with van der Waals surface area (Å²) < 4.78 is 1.96. The lowest BCUT2D eigenvalue weighted by Gasteiger charge is -2.34. The van der Waals surface area contributed by atoms with Crippen molar-refractivity contribution in [1.82, 2.24) is 29.9 Å². The zero-order chi connectivity index (χ0) is 32.4. The molecule has 1 aliphatic carbocycles. The molecule has 2 aliphatic rings. The van der Waals surface area contributed by atoms with E-state index in [-0.39, 0.29) is 0 Å². The van der Waals surface area contributed by atoms with E-state index in [1.54, 1.807) is 0 Å². The molecule has 6 heteroatoms. The van der Waals surface area contributed by atoms with Crippen molar-refractivity contribution >= 4 is 12.2 Å². The molecule has 4 aromatic rings. The monoisotopic (exact) mass is 624 g/mol. The van der Waals surface area contributed by atoms with Crippen LogP contribution in [0, 0.1) is 12.8 Å². The van der Waals surface area contributed by atoms with Gasteiger partial charge in [-0.1, -0.05) is 111 Å². The van der Waals surface area contributed by atoms with Crippen molar-refractivity contribution in [3.8, 4) is 22.8 Å². The molecular formula is C41H48N6. The van der Waals surface area contributed by atoms with E-state index in [1.807, 2.05) is 35.9 Å². The van der Waals surface area contributed by atoms with Gasteiger partial charge in [-0.25, -0.2) is 9.67 Å². The standard InChI is InChI=1S/C41H48N6/c1-4-14-31(2)15-7-5-8-17-33-25-27-46(28-26-33)36-21-12-11-20-35-23-24-38(43-39(35)29-36)41-40(37-22-13-16-32(3)42-37)44-45-47(41)30-34-18-9-6-10-19-34/h6,9-13,16,18-24,29,33H,2,4-5,7-8,14-15,17,25-28,30H2,1,3H3/b12-11+,20-11?,21-12?,35-20+,36-21?,36-29?,39-29?. The maximum atomic E-state index is 5.29. The highest BCUT2D eigenvalue weighted by Crippen LogP contribution is 2.29. The number of aryl methyl sites for hydroxylation is 1. The molecule has 1 saturated heterocycles. The van der Waals surface area contributed by atoms with Crippen LogP contribution < -0.4 is 10.6 Å². The Hall–Kier alpha value is -4.58. The first kappa shape index (κ1) is 32.4. The Morgan fingerprint density at radius 2 is 1.68 bits per heavy atom. The van der Waals surface area contributed by atoms with Crippen LogP contribution in [0.1, 0.15) is 76.0 Å². The predicted molar refractivity (Wildman–Crippen MR) is 194 cm³/mol. The van der Waals surface area contributed by atoms with Crippen LogP contribution >= 0.6 is 0 Å².